The monoisotopic (exact) mass is 245 g/mol. The van der Waals surface area contributed by atoms with Crippen LogP contribution in [-0.2, 0) is 5.41 Å². The Bertz CT molecular complexity index is 381. The summed E-state index contributed by atoms with van der Waals surface area (Å²) in [6, 6.07) is 9.17. The molecular weight excluding hydrogens is 218 g/mol. The van der Waals surface area contributed by atoms with Crippen LogP contribution in [0.25, 0.3) is 0 Å². The van der Waals surface area contributed by atoms with Crippen molar-refractivity contribution in [1.29, 1.82) is 0 Å². The molecule has 0 bridgehead atoms. The van der Waals surface area contributed by atoms with E-state index in [0.29, 0.717) is 10.8 Å². The van der Waals surface area contributed by atoms with Crippen molar-refractivity contribution in [3.05, 3.63) is 35.4 Å². The van der Waals surface area contributed by atoms with Crippen LogP contribution in [0, 0.1) is 12.3 Å². The van der Waals surface area contributed by atoms with Gasteiger partial charge in [-0.3, -0.25) is 0 Å². The Morgan fingerprint density at radius 3 is 2.22 bits per heavy atom. The summed E-state index contributed by atoms with van der Waals surface area (Å²) < 4.78 is 0. The van der Waals surface area contributed by atoms with Crippen LogP contribution in [0.5, 0.6) is 0 Å². The van der Waals surface area contributed by atoms with Crippen LogP contribution in [0.3, 0.4) is 0 Å². The fraction of sp³-hybridized carbons (Fsp3) is 0.647. The van der Waals surface area contributed by atoms with Gasteiger partial charge in [0.2, 0.25) is 0 Å². The lowest BCUT2D eigenvalue weighted by Gasteiger charge is -2.54. The number of hydrogen-bond acceptors (Lipinski definition) is 1. The maximum atomic E-state index is 3.63. The van der Waals surface area contributed by atoms with Crippen LogP contribution in [0.4, 0.5) is 0 Å². The zero-order valence-electron chi connectivity index (χ0n) is 12.3. The minimum Gasteiger partial charge on any atom is -0.316 e. The number of benzene rings is 1. The quantitative estimate of drug-likeness (QED) is 0.772. The van der Waals surface area contributed by atoms with Gasteiger partial charge in [0.25, 0.3) is 0 Å². The average Bonchev–Trinajstić information content (AvgIpc) is 2.27. The second-order valence-corrected chi connectivity index (χ2v) is 6.84. The van der Waals surface area contributed by atoms with E-state index in [9.17, 15) is 0 Å². The summed E-state index contributed by atoms with van der Waals surface area (Å²) in [4.78, 5) is 0. The predicted octanol–water partition coefficient (Wildman–Crippen LogP) is 4.05. The van der Waals surface area contributed by atoms with E-state index in [1.807, 2.05) is 0 Å². The Labute approximate surface area is 112 Å². The number of nitrogens with one attached hydrogen (secondary N) is 1. The summed E-state index contributed by atoms with van der Waals surface area (Å²) in [5, 5.41) is 3.63. The summed E-state index contributed by atoms with van der Waals surface area (Å²) in [5.41, 5.74) is 3.77. The van der Waals surface area contributed by atoms with Gasteiger partial charge in [0.1, 0.15) is 0 Å². The molecule has 0 atom stereocenters. The van der Waals surface area contributed by atoms with Crippen molar-refractivity contribution in [3.8, 4) is 0 Å². The molecule has 0 radical (unpaired) electrons. The van der Waals surface area contributed by atoms with Gasteiger partial charge in [-0.05, 0) is 43.7 Å². The van der Waals surface area contributed by atoms with Crippen molar-refractivity contribution in [2.75, 3.05) is 13.1 Å². The fourth-order valence-electron chi connectivity index (χ4n) is 3.62. The Balaban J connectivity index is 2.13. The second kappa shape index (κ2) is 5.05. The minimum absolute atomic E-state index is 0.381. The highest BCUT2D eigenvalue weighted by Crippen LogP contribution is 2.55. The molecule has 1 aromatic carbocycles. The van der Waals surface area contributed by atoms with Crippen molar-refractivity contribution in [2.24, 2.45) is 5.41 Å². The first kappa shape index (κ1) is 13.6. The van der Waals surface area contributed by atoms with Crippen LogP contribution >= 0.6 is 0 Å². The van der Waals surface area contributed by atoms with Crippen LogP contribution in [0.1, 0.15) is 51.2 Å². The summed E-state index contributed by atoms with van der Waals surface area (Å²) in [5.74, 6) is 0. The molecule has 0 aromatic heterocycles. The Morgan fingerprint density at radius 1 is 1.11 bits per heavy atom. The molecular formula is C17H27N. The molecule has 1 fully saturated rings. The third-order valence-electron chi connectivity index (χ3n) is 4.19. The van der Waals surface area contributed by atoms with E-state index in [4.69, 9.17) is 0 Å². The molecule has 1 aliphatic carbocycles. The number of rotatable bonds is 5. The molecule has 1 N–H and O–H groups in total. The lowest BCUT2D eigenvalue weighted by atomic mass is 9.52. The van der Waals surface area contributed by atoms with Gasteiger partial charge in [-0.25, -0.2) is 0 Å². The predicted molar refractivity (Wildman–Crippen MR) is 79.0 cm³/mol. The van der Waals surface area contributed by atoms with Crippen molar-refractivity contribution < 1.29 is 0 Å². The average molecular weight is 245 g/mol. The lowest BCUT2D eigenvalue weighted by Crippen LogP contribution is -2.52. The van der Waals surface area contributed by atoms with Crippen LogP contribution < -0.4 is 5.32 Å². The molecule has 0 saturated heterocycles. The van der Waals surface area contributed by atoms with Gasteiger partial charge in [-0.15, -0.1) is 0 Å². The van der Waals surface area contributed by atoms with Crippen LogP contribution in [-0.4, -0.2) is 13.1 Å². The Morgan fingerprint density at radius 2 is 1.72 bits per heavy atom. The maximum Gasteiger partial charge on any atom is 0.00879 e. The first-order valence-electron chi connectivity index (χ1n) is 7.25. The van der Waals surface area contributed by atoms with E-state index in [1.54, 1.807) is 0 Å². The topological polar surface area (TPSA) is 12.0 Å². The highest BCUT2D eigenvalue weighted by atomic mass is 14.9. The van der Waals surface area contributed by atoms with Crippen molar-refractivity contribution in [3.63, 3.8) is 0 Å². The van der Waals surface area contributed by atoms with Crippen LogP contribution in [0.2, 0.25) is 0 Å². The molecule has 0 amide bonds. The first-order chi connectivity index (χ1) is 8.47. The standard InChI is InChI=1S/C17H27N/c1-5-10-18-13-17(11-16(3,4)12-17)15-8-6-14(2)7-9-15/h6-9,18H,5,10-13H2,1-4H3. The summed E-state index contributed by atoms with van der Waals surface area (Å²) in [6.45, 7) is 11.4. The SMILES string of the molecule is CCCNCC1(c2ccc(C)cc2)CC(C)(C)C1. The number of aryl methyl sites for hydroxylation is 1. The molecule has 2 rings (SSSR count). The molecule has 1 heteroatoms. The highest BCUT2D eigenvalue weighted by Gasteiger charge is 2.49. The smallest absolute Gasteiger partial charge is 0.00879 e. The zero-order chi connectivity index (χ0) is 13.2. The van der Waals surface area contributed by atoms with Gasteiger partial charge in [-0.1, -0.05) is 50.6 Å². The first-order valence-corrected chi connectivity index (χ1v) is 7.25. The van der Waals surface area contributed by atoms with Crippen molar-refractivity contribution in [1.82, 2.24) is 5.32 Å². The van der Waals surface area contributed by atoms with E-state index in [0.717, 1.165) is 13.1 Å². The van der Waals surface area contributed by atoms with E-state index >= 15 is 0 Å². The summed E-state index contributed by atoms with van der Waals surface area (Å²) >= 11 is 0. The van der Waals surface area contributed by atoms with Gasteiger partial charge in [-0.2, -0.15) is 0 Å². The molecule has 0 unspecified atom stereocenters. The Hall–Kier alpha value is -0.820. The molecule has 1 saturated carbocycles. The summed E-state index contributed by atoms with van der Waals surface area (Å²) in [6.07, 6.45) is 3.83. The highest BCUT2D eigenvalue weighted by molar-refractivity contribution is 5.33. The van der Waals surface area contributed by atoms with Crippen molar-refractivity contribution in [2.45, 2.75) is 52.4 Å². The zero-order valence-corrected chi connectivity index (χ0v) is 12.3. The van der Waals surface area contributed by atoms with Gasteiger partial charge < -0.3 is 5.32 Å². The number of hydrogen-bond donors (Lipinski definition) is 1. The molecule has 0 aliphatic heterocycles. The Kier molecular flexibility index (Phi) is 3.82. The second-order valence-electron chi connectivity index (χ2n) is 6.84. The molecule has 1 aromatic rings. The van der Waals surface area contributed by atoms with Gasteiger partial charge in [0, 0.05) is 12.0 Å². The van der Waals surface area contributed by atoms with Gasteiger partial charge >= 0.3 is 0 Å². The van der Waals surface area contributed by atoms with E-state index in [1.165, 1.54) is 30.4 Å². The largest absolute Gasteiger partial charge is 0.316 e. The lowest BCUT2D eigenvalue weighted by molar-refractivity contribution is 0.0564. The fourth-order valence-corrected chi connectivity index (χ4v) is 3.62. The molecule has 1 nitrogen and oxygen atoms in total. The normalized spacial score (nSPS) is 20.4. The molecule has 0 spiro atoms. The van der Waals surface area contributed by atoms with E-state index < -0.39 is 0 Å². The minimum atomic E-state index is 0.381. The van der Waals surface area contributed by atoms with Gasteiger partial charge in [0.15, 0.2) is 0 Å². The third-order valence-corrected chi connectivity index (χ3v) is 4.19. The van der Waals surface area contributed by atoms with E-state index in [-0.39, 0.29) is 0 Å². The molecule has 100 valence electrons. The molecule has 0 heterocycles. The third kappa shape index (κ3) is 2.77. The maximum absolute atomic E-state index is 3.63. The molecule has 1 aliphatic rings. The molecule has 18 heavy (non-hydrogen) atoms. The summed E-state index contributed by atoms with van der Waals surface area (Å²) in [7, 11) is 0. The van der Waals surface area contributed by atoms with Crippen molar-refractivity contribution >= 4 is 0 Å². The van der Waals surface area contributed by atoms with E-state index in [2.05, 4.69) is 57.3 Å². The van der Waals surface area contributed by atoms with Crippen LogP contribution in [0.15, 0.2) is 24.3 Å². The van der Waals surface area contributed by atoms with Gasteiger partial charge in [0.05, 0.1) is 0 Å².